The van der Waals surface area contributed by atoms with E-state index in [4.69, 9.17) is 4.74 Å². The van der Waals surface area contributed by atoms with E-state index in [0.29, 0.717) is 25.1 Å². The topological polar surface area (TPSA) is 61.8 Å². The number of rotatable bonds is 8. The highest BCUT2D eigenvalue weighted by molar-refractivity contribution is 14.0. The summed E-state index contributed by atoms with van der Waals surface area (Å²) in [6.45, 7) is 6.32. The third-order valence-corrected chi connectivity index (χ3v) is 5.01. The average molecular weight is 509 g/mol. The molecule has 0 aliphatic carbocycles. The van der Waals surface area contributed by atoms with Crippen molar-refractivity contribution in [2.24, 2.45) is 4.99 Å². The highest BCUT2D eigenvalue weighted by Crippen LogP contribution is 2.19. The molecule has 1 unspecified atom stereocenters. The summed E-state index contributed by atoms with van der Waals surface area (Å²) in [5.74, 6) is 1.48. The predicted octanol–water partition coefficient (Wildman–Crippen LogP) is 3.43. The molecule has 0 saturated carbocycles. The van der Waals surface area contributed by atoms with E-state index < -0.39 is 0 Å². The van der Waals surface area contributed by atoms with Crippen LogP contribution in [0.2, 0.25) is 0 Å². The van der Waals surface area contributed by atoms with Gasteiger partial charge in [0, 0.05) is 45.0 Å². The van der Waals surface area contributed by atoms with Crippen molar-refractivity contribution in [2.45, 2.75) is 38.9 Å². The Kier molecular flexibility index (Phi) is 10.2. The van der Waals surface area contributed by atoms with Gasteiger partial charge in [-0.05, 0) is 43.5 Å². The van der Waals surface area contributed by atoms with Crippen LogP contribution in [0.3, 0.4) is 0 Å². The second-order valence-corrected chi connectivity index (χ2v) is 6.99. The lowest BCUT2D eigenvalue weighted by Gasteiger charge is -2.25. The first-order valence-corrected chi connectivity index (χ1v) is 10.1. The maximum atomic E-state index is 5.47. The van der Waals surface area contributed by atoms with Crippen LogP contribution < -0.4 is 15.4 Å². The van der Waals surface area contributed by atoms with Gasteiger partial charge < -0.3 is 15.4 Å². The summed E-state index contributed by atoms with van der Waals surface area (Å²) in [5, 5.41) is 6.87. The van der Waals surface area contributed by atoms with E-state index >= 15 is 0 Å². The minimum absolute atomic E-state index is 0. The molecule has 1 aliphatic heterocycles. The van der Waals surface area contributed by atoms with E-state index in [0.717, 1.165) is 31.2 Å². The lowest BCUT2D eigenvalue weighted by Crippen LogP contribution is -2.44. The summed E-state index contributed by atoms with van der Waals surface area (Å²) in [5.41, 5.74) is 2.49. The van der Waals surface area contributed by atoms with Crippen LogP contribution in [0, 0.1) is 0 Å². The molecule has 29 heavy (non-hydrogen) atoms. The molecule has 1 atom stereocenters. The summed E-state index contributed by atoms with van der Waals surface area (Å²) in [7, 11) is 1.81. The van der Waals surface area contributed by atoms with Crippen LogP contribution >= 0.6 is 24.0 Å². The summed E-state index contributed by atoms with van der Waals surface area (Å²) in [6.07, 6.45) is 4.25. The van der Waals surface area contributed by atoms with Crippen LogP contribution in [0.1, 0.15) is 30.9 Å². The number of aromatic nitrogens is 1. The van der Waals surface area contributed by atoms with Gasteiger partial charge in [0.2, 0.25) is 5.88 Å². The van der Waals surface area contributed by atoms with Crippen LogP contribution in [0.5, 0.6) is 5.88 Å². The number of hydrogen-bond acceptors (Lipinski definition) is 4. The van der Waals surface area contributed by atoms with Crippen molar-refractivity contribution < 1.29 is 4.74 Å². The highest BCUT2D eigenvalue weighted by Gasteiger charge is 2.24. The molecular formula is C22H32IN5O. The number of likely N-dealkylation sites (tertiary alicyclic amines) is 1. The zero-order valence-electron chi connectivity index (χ0n) is 17.3. The van der Waals surface area contributed by atoms with Crippen molar-refractivity contribution in [2.75, 3.05) is 26.7 Å². The first-order valence-electron chi connectivity index (χ1n) is 10.1. The maximum absolute atomic E-state index is 5.47. The van der Waals surface area contributed by atoms with Gasteiger partial charge in [-0.2, -0.15) is 0 Å². The van der Waals surface area contributed by atoms with Crippen LogP contribution in [-0.2, 0) is 13.1 Å². The van der Waals surface area contributed by atoms with Gasteiger partial charge in [-0.25, -0.2) is 4.98 Å². The van der Waals surface area contributed by atoms with E-state index in [9.17, 15) is 0 Å². The molecule has 1 aromatic heterocycles. The van der Waals surface area contributed by atoms with Gasteiger partial charge in [0.1, 0.15) is 0 Å². The normalized spacial score (nSPS) is 16.9. The summed E-state index contributed by atoms with van der Waals surface area (Å²) >= 11 is 0. The molecule has 1 aromatic carbocycles. The average Bonchev–Trinajstić information content (AvgIpc) is 3.16. The van der Waals surface area contributed by atoms with Gasteiger partial charge >= 0.3 is 0 Å². The Bertz CT molecular complexity index is 756. The zero-order chi connectivity index (χ0) is 19.6. The molecular weight excluding hydrogens is 477 g/mol. The SMILES string of the molecule is CCOc1cc(CNC(=NC)NCC2CCCN2Cc2ccccc2)ccn1.I. The van der Waals surface area contributed by atoms with Crippen LogP contribution in [0.15, 0.2) is 53.7 Å². The summed E-state index contributed by atoms with van der Waals surface area (Å²) in [6, 6.07) is 15.2. The Hall–Kier alpha value is -1.87. The third-order valence-electron chi connectivity index (χ3n) is 5.01. The molecule has 0 bridgehead atoms. The Labute approximate surface area is 191 Å². The van der Waals surface area contributed by atoms with Gasteiger partial charge in [-0.15, -0.1) is 24.0 Å². The molecule has 158 valence electrons. The maximum Gasteiger partial charge on any atom is 0.213 e. The van der Waals surface area contributed by atoms with Gasteiger partial charge in [-0.3, -0.25) is 9.89 Å². The molecule has 6 nitrogen and oxygen atoms in total. The van der Waals surface area contributed by atoms with Gasteiger partial charge in [-0.1, -0.05) is 30.3 Å². The number of hydrogen-bond donors (Lipinski definition) is 2. The van der Waals surface area contributed by atoms with E-state index in [1.165, 1.54) is 18.4 Å². The van der Waals surface area contributed by atoms with Crippen molar-refractivity contribution >= 4 is 29.9 Å². The van der Waals surface area contributed by atoms with Crippen molar-refractivity contribution in [1.29, 1.82) is 0 Å². The third kappa shape index (κ3) is 7.47. The molecule has 7 heteroatoms. The number of aliphatic imine (C=N–C) groups is 1. The second-order valence-electron chi connectivity index (χ2n) is 6.99. The molecule has 1 fully saturated rings. The quantitative estimate of drug-likeness (QED) is 0.325. The summed E-state index contributed by atoms with van der Waals surface area (Å²) in [4.78, 5) is 11.1. The first kappa shape index (κ1) is 23.4. The number of pyridine rings is 1. The monoisotopic (exact) mass is 509 g/mol. The molecule has 3 rings (SSSR count). The number of nitrogens with one attached hydrogen (secondary N) is 2. The number of benzene rings is 1. The second kappa shape index (κ2) is 12.6. The minimum Gasteiger partial charge on any atom is -0.478 e. The van der Waals surface area contributed by atoms with Crippen molar-refractivity contribution in [3.05, 3.63) is 59.8 Å². The fraction of sp³-hybridized carbons (Fsp3) is 0.455. The molecule has 2 heterocycles. The van der Waals surface area contributed by atoms with E-state index in [-0.39, 0.29) is 24.0 Å². The Morgan fingerprint density at radius 2 is 2.03 bits per heavy atom. The fourth-order valence-corrected chi connectivity index (χ4v) is 3.56. The van der Waals surface area contributed by atoms with E-state index in [1.54, 1.807) is 6.20 Å². The molecule has 0 radical (unpaired) electrons. The molecule has 2 aromatic rings. The van der Waals surface area contributed by atoms with Crippen molar-refractivity contribution in [1.82, 2.24) is 20.5 Å². The Morgan fingerprint density at radius 1 is 1.21 bits per heavy atom. The van der Waals surface area contributed by atoms with Crippen LogP contribution in [-0.4, -0.2) is 48.6 Å². The first-order chi connectivity index (χ1) is 13.8. The highest BCUT2D eigenvalue weighted by atomic mass is 127. The lowest BCUT2D eigenvalue weighted by molar-refractivity contribution is 0.245. The number of halogens is 1. The Balaban J connectivity index is 0.00000300. The number of nitrogens with zero attached hydrogens (tertiary/aromatic N) is 3. The van der Waals surface area contributed by atoms with Gasteiger partial charge in [0.05, 0.1) is 6.61 Å². The van der Waals surface area contributed by atoms with Gasteiger partial charge in [0.25, 0.3) is 0 Å². The number of ether oxygens (including phenoxy) is 1. The van der Waals surface area contributed by atoms with E-state index in [2.05, 4.69) is 55.8 Å². The largest absolute Gasteiger partial charge is 0.478 e. The zero-order valence-corrected chi connectivity index (χ0v) is 19.6. The van der Waals surface area contributed by atoms with Crippen LogP contribution in [0.25, 0.3) is 0 Å². The number of guanidine groups is 1. The molecule has 0 spiro atoms. The molecule has 2 N–H and O–H groups in total. The molecule has 0 amide bonds. The van der Waals surface area contributed by atoms with Gasteiger partial charge in [0.15, 0.2) is 5.96 Å². The van der Waals surface area contributed by atoms with Crippen molar-refractivity contribution in [3.63, 3.8) is 0 Å². The smallest absolute Gasteiger partial charge is 0.213 e. The molecule has 1 aliphatic rings. The fourth-order valence-electron chi connectivity index (χ4n) is 3.56. The predicted molar refractivity (Wildman–Crippen MR) is 129 cm³/mol. The summed E-state index contributed by atoms with van der Waals surface area (Å²) < 4.78 is 5.47. The lowest BCUT2D eigenvalue weighted by atomic mass is 10.2. The minimum atomic E-state index is 0. The standard InChI is InChI=1S/C22H31N5O.HI/c1-3-28-21-14-19(11-12-24-21)15-25-22(23-2)26-16-20-10-7-13-27(20)17-18-8-5-4-6-9-18;/h4-6,8-9,11-12,14,20H,3,7,10,13,15-17H2,1-2H3,(H2,23,25,26);1H. The van der Waals surface area contributed by atoms with Crippen molar-refractivity contribution in [3.8, 4) is 5.88 Å². The van der Waals surface area contributed by atoms with E-state index in [1.807, 2.05) is 26.1 Å². The molecule has 1 saturated heterocycles. The Morgan fingerprint density at radius 3 is 2.79 bits per heavy atom. The van der Waals surface area contributed by atoms with Crippen LogP contribution in [0.4, 0.5) is 0 Å².